The zero-order valence-electron chi connectivity index (χ0n) is 16.1. The molecular formula is C20H19ClF3N5O. The molecule has 1 aliphatic heterocycles. The lowest BCUT2D eigenvalue weighted by atomic mass is 10.1. The minimum Gasteiger partial charge on any atom is -0.335 e. The van der Waals surface area contributed by atoms with Gasteiger partial charge >= 0.3 is 6.18 Å². The second kappa shape index (κ2) is 7.79. The molecule has 1 atom stereocenters. The number of benzene rings is 1. The van der Waals surface area contributed by atoms with Crippen molar-refractivity contribution in [1.29, 1.82) is 0 Å². The van der Waals surface area contributed by atoms with E-state index in [1.165, 1.54) is 10.9 Å². The van der Waals surface area contributed by atoms with Gasteiger partial charge in [-0.3, -0.25) is 9.48 Å². The Bertz CT molecular complexity index is 1070. The van der Waals surface area contributed by atoms with Crippen LogP contribution in [0, 0.1) is 6.92 Å². The van der Waals surface area contributed by atoms with Gasteiger partial charge in [0.2, 0.25) is 0 Å². The van der Waals surface area contributed by atoms with Crippen LogP contribution in [0.5, 0.6) is 0 Å². The van der Waals surface area contributed by atoms with Gasteiger partial charge in [0.15, 0.2) is 11.4 Å². The fourth-order valence-electron chi connectivity index (χ4n) is 3.66. The van der Waals surface area contributed by atoms with E-state index in [1.54, 1.807) is 33.8 Å². The van der Waals surface area contributed by atoms with Gasteiger partial charge < -0.3 is 4.90 Å². The quantitative estimate of drug-likeness (QED) is 0.605. The number of halogens is 4. The molecule has 0 N–H and O–H groups in total. The monoisotopic (exact) mass is 437 g/mol. The van der Waals surface area contributed by atoms with Crippen molar-refractivity contribution in [3.05, 3.63) is 64.7 Å². The first kappa shape index (κ1) is 20.5. The van der Waals surface area contributed by atoms with Crippen LogP contribution in [-0.4, -0.2) is 43.5 Å². The molecule has 1 aliphatic rings. The van der Waals surface area contributed by atoms with Crippen molar-refractivity contribution in [1.82, 2.24) is 24.5 Å². The molecule has 1 aromatic carbocycles. The van der Waals surface area contributed by atoms with Gasteiger partial charge in [-0.25, -0.2) is 4.68 Å². The van der Waals surface area contributed by atoms with E-state index in [9.17, 15) is 18.0 Å². The average Bonchev–Trinajstić information content (AvgIpc) is 3.35. The smallest absolute Gasteiger partial charge is 0.335 e. The number of carbonyl (C=O) groups is 1. The number of piperidine rings is 1. The Morgan fingerprint density at radius 3 is 2.70 bits per heavy atom. The fourth-order valence-corrected chi connectivity index (χ4v) is 3.84. The third-order valence-corrected chi connectivity index (χ3v) is 5.35. The highest BCUT2D eigenvalue weighted by Crippen LogP contribution is 2.29. The predicted molar refractivity (Wildman–Crippen MR) is 105 cm³/mol. The lowest BCUT2D eigenvalue weighted by molar-refractivity contribution is -0.141. The van der Waals surface area contributed by atoms with Crippen LogP contribution in [-0.2, 0) is 6.18 Å². The summed E-state index contributed by atoms with van der Waals surface area (Å²) in [5, 5.41) is 8.65. The number of aromatic nitrogens is 4. The van der Waals surface area contributed by atoms with Gasteiger partial charge in [0.25, 0.3) is 5.91 Å². The molecule has 4 rings (SSSR count). The van der Waals surface area contributed by atoms with Crippen LogP contribution in [0.4, 0.5) is 13.2 Å². The molecule has 1 fully saturated rings. The summed E-state index contributed by atoms with van der Waals surface area (Å²) in [6.45, 7) is 2.64. The summed E-state index contributed by atoms with van der Waals surface area (Å²) in [7, 11) is 0. The molecular weight excluding hydrogens is 419 g/mol. The van der Waals surface area contributed by atoms with Crippen molar-refractivity contribution in [3.63, 3.8) is 0 Å². The minimum atomic E-state index is -4.49. The molecule has 0 spiro atoms. The lowest BCUT2D eigenvalue weighted by Gasteiger charge is -2.32. The Hall–Kier alpha value is -2.81. The second-order valence-corrected chi connectivity index (χ2v) is 7.73. The van der Waals surface area contributed by atoms with Crippen LogP contribution in [0.3, 0.4) is 0 Å². The highest BCUT2D eigenvalue weighted by atomic mass is 35.5. The van der Waals surface area contributed by atoms with Crippen LogP contribution in [0.25, 0.3) is 5.69 Å². The van der Waals surface area contributed by atoms with E-state index >= 15 is 0 Å². The summed E-state index contributed by atoms with van der Waals surface area (Å²) in [5.74, 6) is -0.258. The van der Waals surface area contributed by atoms with Gasteiger partial charge in [0.05, 0.1) is 11.7 Å². The molecule has 0 bridgehead atoms. The minimum absolute atomic E-state index is 0.258. The molecule has 2 aromatic heterocycles. The molecule has 158 valence electrons. The fraction of sp³-hybridized carbons (Fsp3) is 0.350. The maximum atomic E-state index is 13.0. The maximum absolute atomic E-state index is 13.0. The van der Waals surface area contributed by atoms with Crippen LogP contribution >= 0.6 is 11.6 Å². The Kier molecular flexibility index (Phi) is 5.31. The van der Waals surface area contributed by atoms with Gasteiger partial charge in [0, 0.05) is 30.0 Å². The number of rotatable bonds is 3. The molecule has 3 aromatic rings. The lowest BCUT2D eigenvalue weighted by Crippen LogP contribution is -2.41. The topological polar surface area (TPSA) is 56.0 Å². The Labute approximate surface area is 175 Å². The summed E-state index contributed by atoms with van der Waals surface area (Å²) in [4.78, 5) is 14.6. The molecule has 0 saturated carbocycles. The van der Waals surface area contributed by atoms with Crippen molar-refractivity contribution in [2.45, 2.75) is 32.0 Å². The van der Waals surface area contributed by atoms with Crippen molar-refractivity contribution in [2.24, 2.45) is 0 Å². The van der Waals surface area contributed by atoms with Crippen LogP contribution in [0.1, 0.15) is 40.8 Å². The highest BCUT2D eigenvalue weighted by molar-refractivity contribution is 6.30. The van der Waals surface area contributed by atoms with Gasteiger partial charge in [-0.15, -0.1) is 0 Å². The third-order valence-electron chi connectivity index (χ3n) is 5.12. The van der Waals surface area contributed by atoms with Gasteiger partial charge in [-0.05, 0) is 50.1 Å². The van der Waals surface area contributed by atoms with E-state index in [-0.39, 0.29) is 24.2 Å². The van der Waals surface area contributed by atoms with Crippen molar-refractivity contribution in [2.75, 3.05) is 13.1 Å². The number of hydrogen-bond acceptors (Lipinski definition) is 3. The third kappa shape index (κ3) is 4.07. The van der Waals surface area contributed by atoms with E-state index in [1.807, 2.05) is 13.0 Å². The second-order valence-electron chi connectivity index (χ2n) is 7.29. The number of likely N-dealkylation sites (tertiary alicyclic amines) is 1. The van der Waals surface area contributed by atoms with Crippen LogP contribution in [0.15, 0.2) is 42.6 Å². The van der Waals surface area contributed by atoms with E-state index in [2.05, 4.69) is 10.2 Å². The number of hydrogen-bond donors (Lipinski definition) is 0. The van der Waals surface area contributed by atoms with E-state index in [0.717, 1.165) is 17.4 Å². The maximum Gasteiger partial charge on any atom is 0.435 e. The summed E-state index contributed by atoms with van der Waals surface area (Å²) in [6.07, 6.45) is -1.84. The first-order valence-corrected chi connectivity index (χ1v) is 9.84. The average molecular weight is 438 g/mol. The first-order chi connectivity index (χ1) is 14.2. The van der Waals surface area contributed by atoms with E-state index < -0.39 is 11.9 Å². The number of amides is 1. The zero-order chi connectivity index (χ0) is 21.5. The Morgan fingerprint density at radius 1 is 1.20 bits per heavy atom. The molecule has 1 unspecified atom stereocenters. The SMILES string of the molecule is Cc1cc(C(=O)N2CCCC(n3ccc(C(F)(F)F)n3)C2)nn1-c1cccc(Cl)c1. The first-order valence-electron chi connectivity index (χ1n) is 9.46. The summed E-state index contributed by atoms with van der Waals surface area (Å²) in [6, 6.07) is 9.49. The van der Waals surface area contributed by atoms with Gasteiger partial charge in [0.1, 0.15) is 0 Å². The molecule has 10 heteroatoms. The predicted octanol–water partition coefficient (Wildman–Crippen LogP) is 4.53. The Balaban J connectivity index is 1.52. The molecule has 1 saturated heterocycles. The standard InChI is InChI=1S/C20H19ClF3N5O/c1-13-10-17(25-29(13)15-5-2-4-14(21)11-15)19(30)27-8-3-6-16(12-27)28-9-7-18(26-28)20(22,23)24/h2,4-5,7,9-11,16H,3,6,8,12H2,1H3. The highest BCUT2D eigenvalue weighted by Gasteiger charge is 2.35. The number of alkyl halides is 3. The Morgan fingerprint density at radius 2 is 2.00 bits per heavy atom. The van der Waals surface area contributed by atoms with Crippen molar-refractivity contribution in [3.8, 4) is 5.69 Å². The summed E-state index contributed by atoms with van der Waals surface area (Å²) < 4.78 is 41.5. The summed E-state index contributed by atoms with van der Waals surface area (Å²) >= 11 is 6.05. The molecule has 6 nitrogen and oxygen atoms in total. The van der Waals surface area contributed by atoms with E-state index in [4.69, 9.17) is 11.6 Å². The van der Waals surface area contributed by atoms with Crippen LogP contribution < -0.4 is 0 Å². The largest absolute Gasteiger partial charge is 0.435 e. The van der Waals surface area contributed by atoms with Gasteiger partial charge in [-0.2, -0.15) is 23.4 Å². The van der Waals surface area contributed by atoms with E-state index in [0.29, 0.717) is 24.4 Å². The van der Waals surface area contributed by atoms with Crippen molar-refractivity contribution < 1.29 is 18.0 Å². The number of carbonyl (C=O) groups excluding carboxylic acids is 1. The molecule has 3 heterocycles. The summed E-state index contributed by atoms with van der Waals surface area (Å²) in [5.41, 5.74) is 0.870. The zero-order valence-corrected chi connectivity index (χ0v) is 16.9. The molecule has 1 amide bonds. The molecule has 30 heavy (non-hydrogen) atoms. The number of aryl methyl sites for hydroxylation is 1. The van der Waals surface area contributed by atoms with Crippen LogP contribution in [0.2, 0.25) is 5.02 Å². The molecule has 0 aliphatic carbocycles. The normalized spacial score (nSPS) is 17.4. The van der Waals surface area contributed by atoms with Crippen molar-refractivity contribution >= 4 is 17.5 Å². The number of nitrogens with zero attached hydrogens (tertiary/aromatic N) is 5. The van der Waals surface area contributed by atoms with Gasteiger partial charge in [-0.1, -0.05) is 17.7 Å². The molecule has 0 radical (unpaired) electrons.